The third-order valence-corrected chi connectivity index (χ3v) is 4.70. The molecule has 0 aliphatic carbocycles. The van der Waals surface area contributed by atoms with Gasteiger partial charge in [0.05, 0.1) is 6.42 Å². The first-order valence-corrected chi connectivity index (χ1v) is 8.77. The van der Waals surface area contributed by atoms with Gasteiger partial charge in [-0.3, -0.25) is 4.79 Å². The van der Waals surface area contributed by atoms with Gasteiger partial charge in [-0.25, -0.2) is 0 Å². The first-order valence-electron chi connectivity index (χ1n) is 7.20. The number of rotatable bonds is 5. The Kier molecular flexibility index (Phi) is 5.45. The van der Waals surface area contributed by atoms with E-state index in [1.807, 2.05) is 30.3 Å². The highest BCUT2D eigenvalue weighted by Crippen LogP contribution is 2.22. The zero-order valence-corrected chi connectivity index (χ0v) is 14.8. The average molecular weight is 378 g/mol. The van der Waals surface area contributed by atoms with E-state index in [0.717, 1.165) is 10.6 Å². The summed E-state index contributed by atoms with van der Waals surface area (Å²) < 4.78 is 0. The Hall–Kier alpha value is -1.95. The molecular formula is C17H13Cl2N3OS. The lowest BCUT2D eigenvalue weighted by molar-refractivity contribution is -0.115. The molecule has 122 valence electrons. The minimum Gasteiger partial charge on any atom is -0.300 e. The quantitative estimate of drug-likeness (QED) is 0.705. The normalized spacial score (nSPS) is 10.6. The van der Waals surface area contributed by atoms with E-state index in [2.05, 4.69) is 15.5 Å². The summed E-state index contributed by atoms with van der Waals surface area (Å²) in [6.45, 7) is 0. The van der Waals surface area contributed by atoms with Crippen LogP contribution in [0.3, 0.4) is 0 Å². The van der Waals surface area contributed by atoms with Gasteiger partial charge in [-0.15, -0.1) is 10.2 Å². The average Bonchev–Trinajstić information content (AvgIpc) is 2.98. The van der Waals surface area contributed by atoms with E-state index in [-0.39, 0.29) is 12.3 Å². The molecule has 0 radical (unpaired) electrons. The van der Waals surface area contributed by atoms with Crippen molar-refractivity contribution in [2.75, 3.05) is 5.32 Å². The fourth-order valence-corrected chi connectivity index (χ4v) is 3.41. The molecule has 1 N–H and O–H groups in total. The Morgan fingerprint density at radius 3 is 2.62 bits per heavy atom. The predicted octanol–water partition coefficient (Wildman–Crippen LogP) is 4.62. The maximum absolute atomic E-state index is 12.1. The molecule has 1 heterocycles. The minimum atomic E-state index is -0.193. The first kappa shape index (κ1) is 16.9. The van der Waals surface area contributed by atoms with Gasteiger partial charge in [0.1, 0.15) is 5.01 Å². The molecule has 24 heavy (non-hydrogen) atoms. The summed E-state index contributed by atoms with van der Waals surface area (Å²) in [6.07, 6.45) is 0.848. The third-order valence-electron chi connectivity index (χ3n) is 3.28. The van der Waals surface area contributed by atoms with Crippen molar-refractivity contribution in [3.8, 4) is 0 Å². The van der Waals surface area contributed by atoms with Crippen LogP contribution < -0.4 is 5.32 Å². The smallest absolute Gasteiger partial charge is 0.230 e. The van der Waals surface area contributed by atoms with Crippen LogP contribution in [0.2, 0.25) is 10.0 Å². The number of hydrogen-bond acceptors (Lipinski definition) is 4. The maximum atomic E-state index is 12.1. The van der Waals surface area contributed by atoms with Crippen molar-refractivity contribution in [2.45, 2.75) is 12.8 Å². The molecule has 0 atom stereocenters. The summed E-state index contributed by atoms with van der Waals surface area (Å²) in [6, 6.07) is 15.1. The number of amides is 1. The Morgan fingerprint density at radius 1 is 1.08 bits per heavy atom. The summed E-state index contributed by atoms with van der Waals surface area (Å²) in [7, 11) is 0. The van der Waals surface area contributed by atoms with E-state index in [4.69, 9.17) is 23.2 Å². The van der Waals surface area contributed by atoms with E-state index in [1.165, 1.54) is 11.3 Å². The van der Waals surface area contributed by atoms with Gasteiger partial charge in [0.25, 0.3) is 0 Å². The fraction of sp³-hybridized carbons (Fsp3) is 0.118. The van der Waals surface area contributed by atoms with Gasteiger partial charge in [-0.2, -0.15) is 0 Å². The number of carbonyl (C=O) groups excluding carboxylic acids is 1. The molecule has 1 amide bonds. The summed E-state index contributed by atoms with van der Waals surface area (Å²) in [4.78, 5) is 12.1. The van der Waals surface area contributed by atoms with Crippen LogP contribution >= 0.6 is 34.5 Å². The van der Waals surface area contributed by atoms with Crippen molar-refractivity contribution >= 4 is 45.6 Å². The van der Waals surface area contributed by atoms with Crippen molar-refractivity contribution < 1.29 is 4.79 Å². The fourth-order valence-electron chi connectivity index (χ4n) is 2.15. The second kappa shape index (κ2) is 7.75. The molecule has 0 fully saturated rings. The van der Waals surface area contributed by atoms with Crippen molar-refractivity contribution in [3.05, 3.63) is 74.7 Å². The number of benzene rings is 2. The monoisotopic (exact) mass is 377 g/mol. The van der Waals surface area contributed by atoms with Crippen LogP contribution in [-0.4, -0.2) is 16.1 Å². The van der Waals surface area contributed by atoms with E-state index >= 15 is 0 Å². The van der Waals surface area contributed by atoms with Gasteiger partial charge in [-0.1, -0.05) is 70.9 Å². The van der Waals surface area contributed by atoms with Crippen molar-refractivity contribution in [2.24, 2.45) is 0 Å². The number of aromatic nitrogens is 2. The summed E-state index contributed by atoms with van der Waals surface area (Å²) in [5.74, 6) is -0.193. The number of anilines is 1. The highest BCUT2D eigenvalue weighted by atomic mass is 35.5. The van der Waals surface area contributed by atoms with Crippen LogP contribution in [0.15, 0.2) is 48.5 Å². The van der Waals surface area contributed by atoms with Crippen molar-refractivity contribution in [1.29, 1.82) is 0 Å². The SMILES string of the molecule is O=C(Cc1ccc(Cl)cc1Cl)Nc1nnc(Cc2ccccc2)s1. The van der Waals surface area contributed by atoms with Crippen LogP contribution in [0.1, 0.15) is 16.1 Å². The largest absolute Gasteiger partial charge is 0.300 e. The number of nitrogens with zero attached hydrogens (tertiary/aromatic N) is 2. The highest BCUT2D eigenvalue weighted by molar-refractivity contribution is 7.15. The molecule has 0 aliphatic rings. The van der Waals surface area contributed by atoms with Crippen LogP contribution in [0.4, 0.5) is 5.13 Å². The van der Waals surface area contributed by atoms with Gasteiger partial charge < -0.3 is 5.32 Å². The van der Waals surface area contributed by atoms with Crippen LogP contribution in [0.25, 0.3) is 0 Å². The molecule has 0 saturated carbocycles. The number of nitrogens with one attached hydrogen (secondary N) is 1. The van der Waals surface area contributed by atoms with E-state index in [1.54, 1.807) is 18.2 Å². The van der Waals surface area contributed by atoms with Gasteiger partial charge in [0, 0.05) is 16.5 Å². The molecule has 0 saturated heterocycles. The van der Waals surface area contributed by atoms with E-state index in [0.29, 0.717) is 27.2 Å². The lowest BCUT2D eigenvalue weighted by atomic mass is 10.1. The Balaban J connectivity index is 1.61. The number of carbonyl (C=O) groups is 1. The Bertz CT molecular complexity index is 852. The summed E-state index contributed by atoms with van der Waals surface area (Å²) >= 11 is 13.3. The molecule has 0 aliphatic heterocycles. The molecule has 3 aromatic rings. The lowest BCUT2D eigenvalue weighted by Crippen LogP contribution is -2.14. The molecule has 0 spiro atoms. The third kappa shape index (κ3) is 4.54. The van der Waals surface area contributed by atoms with Crippen LogP contribution in [0, 0.1) is 0 Å². The molecule has 3 rings (SSSR count). The number of halogens is 2. The second-order valence-electron chi connectivity index (χ2n) is 5.12. The minimum absolute atomic E-state index is 0.156. The van der Waals surface area contributed by atoms with E-state index in [9.17, 15) is 4.79 Å². The molecule has 4 nitrogen and oxygen atoms in total. The first-order chi connectivity index (χ1) is 11.6. The highest BCUT2D eigenvalue weighted by Gasteiger charge is 2.11. The standard InChI is InChI=1S/C17H13Cl2N3OS/c18-13-7-6-12(14(19)10-13)9-15(23)20-17-22-21-16(24-17)8-11-4-2-1-3-5-11/h1-7,10H,8-9H2,(H,20,22,23). The zero-order chi connectivity index (χ0) is 16.9. The summed E-state index contributed by atoms with van der Waals surface area (Å²) in [5.41, 5.74) is 1.87. The summed E-state index contributed by atoms with van der Waals surface area (Å²) in [5, 5.41) is 13.2. The second-order valence-corrected chi connectivity index (χ2v) is 7.03. The van der Waals surface area contributed by atoms with Gasteiger partial charge in [0.2, 0.25) is 11.0 Å². The maximum Gasteiger partial charge on any atom is 0.230 e. The van der Waals surface area contributed by atoms with Gasteiger partial charge in [0.15, 0.2) is 0 Å². The van der Waals surface area contributed by atoms with E-state index < -0.39 is 0 Å². The number of hydrogen-bond donors (Lipinski definition) is 1. The Labute approximate surface area is 153 Å². The predicted molar refractivity (Wildman–Crippen MR) is 98.0 cm³/mol. The van der Waals surface area contributed by atoms with Crippen LogP contribution in [0.5, 0.6) is 0 Å². The van der Waals surface area contributed by atoms with Crippen LogP contribution in [-0.2, 0) is 17.6 Å². The van der Waals surface area contributed by atoms with Crippen molar-refractivity contribution in [1.82, 2.24) is 10.2 Å². The Morgan fingerprint density at radius 2 is 1.88 bits per heavy atom. The topological polar surface area (TPSA) is 54.9 Å². The molecule has 7 heteroatoms. The molecule has 0 bridgehead atoms. The van der Waals surface area contributed by atoms with Gasteiger partial charge in [-0.05, 0) is 23.3 Å². The molecule has 1 aromatic heterocycles. The van der Waals surface area contributed by atoms with Gasteiger partial charge >= 0.3 is 0 Å². The molecular weight excluding hydrogens is 365 g/mol. The van der Waals surface area contributed by atoms with Crippen molar-refractivity contribution in [3.63, 3.8) is 0 Å². The zero-order valence-electron chi connectivity index (χ0n) is 12.5. The lowest BCUT2D eigenvalue weighted by Gasteiger charge is -2.04. The molecule has 0 unspecified atom stereocenters. The molecule has 2 aromatic carbocycles.